The highest BCUT2D eigenvalue weighted by Crippen LogP contribution is 2.38. The molecule has 0 saturated carbocycles. The molecular weight excluding hydrogens is 721 g/mol. The molecule has 6 rings (SSSR count). The van der Waals surface area contributed by atoms with E-state index < -0.39 is 12.1 Å². The first-order valence-corrected chi connectivity index (χ1v) is 19.7. The van der Waals surface area contributed by atoms with Gasteiger partial charge in [-0.15, -0.1) is 0 Å². The first-order valence-electron chi connectivity index (χ1n) is 19.7. The Labute approximate surface area is 335 Å². The number of aryl methyl sites for hydroxylation is 2. The average molecular weight is 775 g/mol. The molecular formula is C46H54N4O7. The zero-order valence-corrected chi connectivity index (χ0v) is 33.1. The molecule has 4 aromatic carbocycles. The molecule has 0 bridgehead atoms. The molecule has 2 N–H and O–H groups in total. The second kappa shape index (κ2) is 20.5. The van der Waals surface area contributed by atoms with Crippen LogP contribution in [0, 0.1) is 0 Å². The third-order valence-electron chi connectivity index (χ3n) is 10.5. The largest absolute Gasteiger partial charge is 0.493 e. The predicted octanol–water partition coefficient (Wildman–Crippen LogP) is 6.36. The highest BCUT2D eigenvalue weighted by molar-refractivity contribution is 5.99. The van der Waals surface area contributed by atoms with Crippen molar-refractivity contribution in [2.45, 2.75) is 56.7 Å². The summed E-state index contributed by atoms with van der Waals surface area (Å²) in [6.45, 7) is 1.27. The number of carbonyl (C=O) groups excluding carboxylic acids is 2. The van der Waals surface area contributed by atoms with Crippen molar-refractivity contribution in [3.63, 3.8) is 0 Å². The maximum absolute atomic E-state index is 14.5. The Hall–Kier alpha value is -5.65. The molecule has 2 heterocycles. The van der Waals surface area contributed by atoms with Crippen molar-refractivity contribution in [3.8, 4) is 23.0 Å². The number of aliphatic hydroxyl groups excluding tert-OH is 1. The molecule has 1 aliphatic heterocycles. The number of fused-ring (bicyclic) bond motifs is 1. The topological polar surface area (TPSA) is 123 Å². The van der Waals surface area contributed by atoms with Crippen molar-refractivity contribution in [2.24, 2.45) is 0 Å². The fourth-order valence-electron chi connectivity index (χ4n) is 7.56. The Morgan fingerprint density at radius 3 is 2.05 bits per heavy atom. The molecule has 0 aliphatic carbocycles. The van der Waals surface area contributed by atoms with Gasteiger partial charge in [0.2, 0.25) is 11.7 Å². The number of benzene rings is 4. The summed E-state index contributed by atoms with van der Waals surface area (Å²) >= 11 is 0. The smallest absolute Gasteiger partial charge is 0.254 e. The maximum Gasteiger partial charge on any atom is 0.254 e. The Kier molecular flexibility index (Phi) is 14.7. The lowest BCUT2D eigenvalue weighted by Crippen LogP contribution is -2.62. The normalized spacial score (nSPS) is 15.0. The van der Waals surface area contributed by atoms with E-state index in [4.69, 9.17) is 18.9 Å². The second-order valence-corrected chi connectivity index (χ2v) is 14.4. The molecule has 1 fully saturated rings. The van der Waals surface area contributed by atoms with Crippen LogP contribution < -0.4 is 24.3 Å². The molecule has 1 aliphatic rings. The number of rotatable bonds is 19. The van der Waals surface area contributed by atoms with E-state index in [0.717, 1.165) is 49.4 Å². The van der Waals surface area contributed by atoms with Gasteiger partial charge in [0.05, 0.1) is 26.8 Å². The van der Waals surface area contributed by atoms with Gasteiger partial charge in [-0.25, -0.2) is 0 Å². The lowest BCUT2D eigenvalue weighted by molar-refractivity contribution is -0.128. The van der Waals surface area contributed by atoms with Gasteiger partial charge in [-0.1, -0.05) is 66.7 Å². The number of nitrogens with one attached hydrogen (secondary N) is 1. The number of hydrogen-bond donors (Lipinski definition) is 2. The van der Waals surface area contributed by atoms with E-state index in [2.05, 4.69) is 34.6 Å². The van der Waals surface area contributed by atoms with E-state index in [1.54, 1.807) is 23.2 Å². The van der Waals surface area contributed by atoms with E-state index in [1.165, 1.54) is 32.5 Å². The number of β-amino-alcohol motifs (C(OH)–C–C–N with tert-alkyl or cyclic N) is 1. The van der Waals surface area contributed by atoms with Crippen LogP contribution in [0.2, 0.25) is 0 Å². The highest BCUT2D eigenvalue weighted by Gasteiger charge is 2.37. The molecule has 5 aromatic rings. The molecule has 57 heavy (non-hydrogen) atoms. The summed E-state index contributed by atoms with van der Waals surface area (Å²) in [6.07, 6.45) is 6.11. The number of carbonyl (C=O) groups is 2. The Bertz CT molecular complexity index is 1970. The number of nitrogens with zero attached hydrogens (tertiary/aromatic N) is 3. The SMILES string of the molecule is COc1cc(C(=O)N2CCN(C[C@H](O)COc3cccc4ncccc34)CC2C(=O)NC(CCCc2ccccc2)CCCc2ccccc2)cc(OC)c1OC. The van der Waals surface area contributed by atoms with E-state index in [1.807, 2.05) is 71.6 Å². The predicted molar refractivity (Wildman–Crippen MR) is 221 cm³/mol. The number of piperazine rings is 1. The van der Waals surface area contributed by atoms with E-state index in [0.29, 0.717) is 35.1 Å². The zero-order valence-electron chi connectivity index (χ0n) is 33.1. The monoisotopic (exact) mass is 774 g/mol. The van der Waals surface area contributed by atoms with Gasteiger partial charge in [-0.3, -0.25) is 19.5 Å². The number of ether oxygens (including phenoxy) is 4. The number of pyridine rings is 1. The first-order chi connectivity index (χ1) is 27.9. The molecule has 0 radical (unpaired) electrons. The van der Waals surface area contributed by atoms with Crippen molar-refractivity contribution in [3.05, 3.63) is 126 Å². The second-order valence-electron chi connectivity index (χ2n) is 14.4. The maximum atomic E-state index is 14.5. The molecule has 2 amide bonds. The third kappa shape index (κ3) is 11.0. The van der Waals surface area contributed by atoms with Gasteiger partial charge in [-0.05, 0) is 86.1 Å². The molecule has 0 spiro atoms. The van der Waals surface area contributed by atoms with Crippen LogP contribution in [0.5, 0.6) is 23.0 Å². The quantitative estimate of drug-likeness (QED) is 0.0988. The Morgan fingerprint density at radius 1 is 0.789 bits per heavy atom. The van der Waals surface area contributed by atoms with Crippen LogP contribution in [0.25, 0.3) is 10.9 Å². The Balaban J connectivity index is 1.19. The minimum atomic E-state index is -0.846. The van der Waals surface area contributed by atoms with Crippen molar-refractivity contribution >= 4 is 22.7 Å². The summed E-state index contributed by atoms with van der Waals surface area (Å²) in [7, 11) is 4.52. The summed E-state index contributed by atoms with van der Waals surface area (Å²) in [4.78, 5) is 37.0. The average Bonchev–Trinajstić information content (AvgIpc) is 3.25. The molecule has 11 nitrogen and oxygen atoms in total. The molecule has 300 valence electrons. The third-order valence-corrected chi connectivity index (χ3v) is 10.5. The molecule has 1 aromatic heterocycles. The van der Waals surface area contributed by atoms with E-state index in [9.17, 15) is 14.7 Å². The number of methoxy groups -OCH3 is 3. The van der Waals surface area contributed by atoms with Gasteiger partial charge >= 0.3 is 0 Å². The summed E-state index contributed by atoms with van der Waals surface area (Å²) in [6, 6.07) is 32.5. The lowest BCUT2D eigenvalue weighted by Gasteiger charge is -2.41. The highest BCUT2D eigenvalue weighted by atomic mass is 16.5. The fourth-order valence-corrected chi connectivity index (χ4v) is 7.56. The van der Waals surface area contributed by atoms with Gasteiger partial charge in [0.25, 0.3) is 5.91 Å². The molecule has 11 heteroatoms. The van der Waals surface area contributed by atoms with Gasteiger partial charge in [0.1, 0.15) is 24.5 Å². The van der Waals surface area contributed by atoms with Crippen molar-refractivity contribution < 1.29 is 33.6 Å². The van der Waals surface area contributed by atoms with E-state index >= 15 is 0 Å². The summed E-state index contributed by atoms with van der Waals surface area (Å²) < 4.78 is 22.7. The van der Waals surface area contributed by atoms with Gasteiger partial charge in [0.15, 0.2) is 11.5 Å². The lowest BCUT2D eigenvalue weighted by atomic mass is 9.98. The molecule has 1 unspecified atom stereocenters. The van der Waals surface area contributed by atoms with Gasteiger partial charge in [0, 0.05) is 49.4 Å². The van der Waals surface area contributed by atoms with Crippen molar-refractivity contribution in [1.29, 1.82) is 0 Å². The fraction of sp³-hybridized carbons (Fsp3) is 0.370. The Morgan fingerprint density at radius 2 is 1.44 bits per heavy atom. The zero-order chi connectivity index (χ0) is 40.0. The van der Waals surface area contributed by atoms with Gasteiger partial charge in [-0.2, -0.15) is 0 Å². The minimum Gasteiger partial charge on any atom is -0.493 e. The van der Waals surface area contributed by atoms with E-state index in [-0.39, 0.29) is 44.1 Å². The number of hydrogen-bond acceptors (Lipinski definition) is 9. The van der Waals surface area contributed by atoms with Crippen LogP contribution in [-0.2, 0) is 17.6 Å². The number of aliphatic hydroxyl groups is 1. The van der Waals surface area contributed by atoms with Crippen LogP contribution in [0.4, 0.5) is 0 Å². The van der Waals surface area contributed by atoms with Crippen molar-refractivity contribution in [1.82, 2.24) is 20.1 Å². The van der Waals surface area contributed by atoms with Gasteiger partial charge < -0.3 is 34.3 Å². The molecule has 1 saturated heterocycles. The number of amides is 2. The van der Waals surface area contributed by atoms with Crippen LogP contribution in [0.3, 0.4) is 0 Å². The van der Waals surface area contributed by atoms with Crippen LogP contribution in [0.15, 0.2) is 109 Å². The minimum absolute atomic E-state index is 0.0559. The standard InChI is InChI=1S/C46H54N4O7/c1-54-42-28-35(29-43(55-2)44(42)56-3)46(53)50-27-26-49(30-37(51)32-57-41-24-12-23-39-38(41)22-13-25-47-39)31-40(50)45(52)48-36(20-10-18-33-14-6-4-7-15-33)21-11-19-34-16-8-5-9-17-34/h4-9,12-17,22-25,28-29,36-37,40,51H,10-11,18-21,26-27,30-32H2,1-3H3,(H,48,52)/t37-,40?/m0/s1. The summed E-state index contributed by atoms with van der Waals surface area (Å²) in [5.74, 6) is 1.17. The summed E-state index contributed by atoms with van der Waals surface area (Å²) in [5.41, 5.74) is 3.65. The van der Waals surface area contributed by atoms with Crippen LogP contribution in [0.1, 0.15) is 47.2 Å². The van der Waals surface area contributed by atoms with Crippen LogP contribution >= 0.6 is 0 Å². The first kappa shape index (κ1) is 41.0. The molecule has 2 atom stereocenters. The number of aromatic nitrogens is 1. The van der Waals surface area contributed by atoms with Crippen molar-refractivity contribution in [2.75, 3.05) is 54.1 Å². The van der Waals surface area contributed by atoms with Crippen LogP contribution in [-0.4, -0.2) is 104 Å². The summed E-state index contributed by atoms with van der Waals surface area (Å²) in [5, 5.41) is 15.4.